The van der Waals surface area contributed by atoms with Crippen molar-refractivity contribution in [3.05, 3.63) is 79.0 Å². The van der Waals surface area contributed by atoms with Crippen LogP contribution in [0.5, 0.6) is 0 Å². The maximum Gasteiger partial charge on any atom is 0.139 e. The van der Waals surface area contributed by atoms with Crippen molar-refractivity contribution in [1.82, 2.24) is 19.9 Å². The van der Waals surface area contributed by atoms with Crippen LogP contribution in [0.4, 0.5) is 5.69 Å². The second kappa shape index (κ2) is 7.52. The number of nitrogens with zero attached hydrogens (tertiary/aromatic N) is 2. The number of aromatic amines is 2. The number of imidazole rings is 2. The van der Waals surface area contributed by atoms with Gasteiger partial charge in [-0.25, -0.2) is 9.97 Å². The average Bonchev–Trinajstić information content (AvgIpc) is 3.41. The van der Waals surface area contributed by atoms with Gasteiger partial charge in [0.1, 0.15) is 11.6 Å². The van der Waals surface area contributed by atoms with Gasteiger partial charge in [-0.3, -0.25) is 0 Å². The topological polar surface area (TPSA) is 69.4 Å². The Morgan fingerprint density at radius 1 is 0.800 bits per heavy atom. The van der Waals surface area contributed by atoms with E-state index < -0.39 is 0 Å². The molecule has 0 aliphatic carbocycles. The van der Waals surface area contributed by atoms with Crippen LogP contribution in [-0.4, -0.2) is 26.0 Å². The molecule has 2 heterocycles. The molecule has 5 rings (SSSR count). The summed E-state index contributed by atoms with van der Waals surface area (Å²) in [5.74, 6) is 1.66. The highest BCUT2D eigenvalue weighted by molar-refractivity contribution is 5.86. The van der Waals surface area contributed by atoms with Crippen LogP contribution >= 0.6 is 0 Å². The quantitative estimate of drug-likeness (QED) is 0.337. The van der Waals surface area contributed by atoms with Crippen molar-refractivity contribution in [3.8, 4) is 34.0 Å². The zero-order valence-corrected chi connectivity index (χ0v) is 17.0. The monoisotopic (exact) mass is 393 g/mol. The molecule has 0 bridgehead atoms. The molecule has 0 fully saturated rings. The summed E-state index contributed by atoms with van der Waals surface area (Å²) < 4.78 is 0. The highest BCUT2D eigenvalue weighted by Crippen LogP contribution is 2.31. The zero-order valence-electron chi connectivity index (χ0n) is 17.0. The van der Waals surface area contributed by atoms with Crippen molar-refractivity contribution < 1.29 is 0 Å². The maximum absolute atomic E-state index is 4.83. The highest BCUT2D eigenvalue weighted by Gasteiger charge is 2.14. The predicted octanol–water partition coefficient (Wildman–Crippen LogP) is 6.11. The van der Waals surface area contributed by atoms with Crippen LogP contribution in [0, 0.1) is 0 Å². The lowest BCUT2D eigenvalue weighted by Crippen LogP contribution is -2.09. The van der Waals surface area contributed by atoms with Gasteiger partial charge in [-0.05, 0) is 32.0 Å². The molecule has 0 saturated carbocycles. The van der Waals surface area contributed by atoms with Crippen LogP contribution in [0.15, 0.2) is 79.0 Å². The van der Waals surface area contributed by atoms with Gasteiger partial charge in [-0.15, -0.1) is 0 Å². The molecule has 0 unspecified atom stereocenters. The molecule has 0 aliphatic heterocycles. The molecule has 0 aliphatic rings. The summed E-state index contributed by atoms with van der Waals surface area (Å²) in [6.07, 6.45) is 1.95. The van der Waals surface area contributed by atoms with E-state index in [0.29, 0.717) is 6.04 Å². The summed E-state index contributed by atoms with van der Waals surface area (Å²) in [6, 6.07) is 25.0. The minimum atomic E-state index is 0.378. The van der Waals surface area contributed by atoms with Gasteiger partial charge in [0.15, 0.2) is 0 Å². The fraction of sp³-hybridized carbons (Fsp3) is 0.120. The third-order valence-electron chi connectivity index (χ3n) is 5.02. The number of nitrogens with one attached hydrogen (secondary N) is 3. The van der Waals surface area contributed by atoms with Crippen LogP contribution in [0.1, 0.15) is 13.8 Å². The lowest BCUT2D eigenvalue weighted by atomic mass is 10.1. The van der Waals surface area contributed by atoms with E-state index in [4.69, 9.17) is 9.97 Å². The summed E-state index contributed by atoms with van der Waals surface area (Å²) in [7, 11) is 0. The molecule has 3 aromatic carbocycles. The molecule has 5 heteroatoms. The molecule has 0 radical (unpaired) electrons. The number of anilines is 1. The molecule has 0 saturated heterocycles. The number of benzene rings is 3. The fourth-order valence-electron chi connectivity index (χ4n) is 3.67. The van der Waals surface area contributed by atoms with Crippen LogP contribution < -0.4 is 5.32 Å². The van der Waals surface area contributed by atoms with E-state index in [0.717, 1.165) is 50.8 Å². The van der Waals surface area contributed by atoms with E-state index in [2.05, 4.69) is 65.5 Å². The Hall–Kier alpha value is -3.86. The Bertz CT molecular complexity index is 1300. The van der Waals surface area contributed by atoms with Gasteiger partial charge >= 0.3 is 0 Å². The third kappa shape index (κ3) is 3.46. The minimum Gasteiger partial charge on any atom is -0.383 e. The Kier molecular flexibility index (Phi) is 4.56. The Morgan fingerprint density at radius 3 is 2.30 bits per heavy atom. The SMILES string of the molecule is CC(C)Nc1ccc2nc(-c3ccccc3-c3nc(-c4ccccc4)c[nH]3)[nH]c2c1. The molecule has 148 valence electrons. The van der Waals surface area contributed by atoms with Gasteiger partial charge in [0.2, 0.25) is 0 Å². The Labute approximate surface area is 175 Å². The normalized spacial score (nSPS) is 11.3. The smallest absolute Gasteiger partial charge is 0.139 e. The number of fused-ring (bicyclic) bond motifs is 1. The second-order valence-corrected chi connectivity index (χ2v) is 7.66. The molecule has 2 aromatic heterocycles. The van der Waals surface area contributed by atoms with Gasteiger partial charge in [0.05, 0.1) is 16.7 Å². The van der Waals surface area contributed by atoms with Crippen molar-refractivity contribution in [1.29, 1.82) is 0 Å². The molecule has 0 amide bonds. The summed E-state index contributed by atoms with van der Waals surface area (Å²) >= 11 is 0. The largest absolute Gasteiger partial charge is 0.383 e. The molecule has 0 spiro atoms. The highest BCUT2D eigenvalue weighted by atomic mass is 14.9. The predicted molar refractivity (Wildman–Crippen MR) is 123 cm³/mol. The zero-order chi connectivity index (χ0) is 20.5. The summed E-state index contributed by atoms with van der Waals surface area (Å²) in [5, 5.41) is 3.44. The first kappa shape index (κ1) is 18.2. The van der Waals surface area contributed by atoms with Crippen molar-refractivity contribution >= 4 is 16.7 Å². The molecular weight excluding hydrogens is 370 g/mol. The molecule has 0 atom stereocenters. The summed E-state index contributed by atoms with van der Waals surface area (Å²) in [5.41, 5.74) is 7.08. The van der Waals surface area contributed by atoms with Crippen molar-refractivity contribution in [2.24, 2.45) is 0 Å². The average molecular weight is 393 g/mol. The second-order valence-electron chi connectivity index (χ2n) is 7.66. The van der Waals surface area contributed by atoms with E-state index in [1.54, 1.807) is 0 Å². The Balaban J connectivity index is 1.55. The molecule has 5 nitrogen and oxygen atoms in total. The summed E-state index contributed by atoms with van der Waals surface area (Å²) in [4.78, 5) is 16.5. The Morgan fingerprint density at radius 2 is 1.53 bits per heavy atom. The number of H-pyrrole nitrogens is 2. The minimum absolute atomic E-state index is 0.378. The summed E-state index contributed by atoms with van der Waals surface area (Å²) in [6.45, 7) is 4.26. The van der Waals surface area contributed by atoms with Crippen LogP contribution in [0.25, 0.3) is 45.1 Å². The van der Waals surface area contributed by atoms with E-state index in [1.165, 1.54) is 0 Å². The molecule has 30 heavy (non-hydrogen) atoms. The van der Waals surface area contributed by atoms with E-state index in [-0.39, 0.29) is 0 Å². The first-order valence-corrected chi connectivity index (χ1v) is 10.1. The van der Waals surface area contributed by atoms with E-state index in [1.807, 2.05) is 42.6 Å². The molecule has 3 N–H and O–H groups in total. The number of aromatic nitrogens is 4. The first-order valence-electron chi connectivity index (χ1n) is 10.1. The number of hydrogen-bond donors (Lipinski definition) is 3. The van der Waals surface area contributed by atoms with E-state index >= 15 is 0 Å². The lowest BCUT2D eigenvalue weighted by Gasteiger charge is -2.09. The van der Waals surface area contributed by atoms with E-state index in [9.17, 15) is 0 Å². The lowest BCUT2D eigenvalue weighted by molar-refractivity contribution is 0.900. The van der Waals surface area contributed by atoms with Crippen molar-refractivity contribution in [2.75, 3.05) is 5.32 Å². The number of hydrogen-bond acceptors (Lipinski definition) is 3. The van der Waals surface area contributed by atoms with Crippen molar-refractivity contribution in [3.63, 3.8) is 0 Å². The van der Waals surface area contributed by atoms with Gasteiger partial charge in [0, 0.05) is 34.6 Å². The van der Waals surface area contributed by atoms with Gasteiger partial charge < -0.3 is 15.3 Å². The van der Waals surface area contributed by atoms with Crippen LogP contribution in [0.3, 0.4) is 0 Å². The van der Waals surface area contributed by atoms with Crippen LogP contribution in [0.2, 0.25) is 0 Å². The maximum atomic E-state index is 4.83. The molecular formula is C25H23N5. The molecule has 5 aromatic rings. The van der Waals surface area contributed by atoms with Crippen molar-refractivity contribution in [2.45, 2.75) is 19.9 Å². The van der Waals surface area contributed by atoms with Gasteiger partial charge in [-0.2, -0.15) is 0 Å². The standard InChI is InChI=1S/C25H23N5/c1-16(2)27-18-12-13-21-22(14-18)29-25(28-21)20-11-7-6-10-19(20)24-26-15-23(30-24)17-8-4-3-5-9-17/h3-16,27H,1-2H3,(H,26,30)(H,28,29). The fourth-order valence-corrected chi connectivity index (χ4v) is 3.67. The first-order chi connectivity index (χ1) is 14.7. The number of rotatable bonds is 5. The third-order valence-corrected chi connectivity index (χ3v) is 5.02. The van der Waals surface area contributed by atoms with Gasteiger partial charge in [0.25, 0.3) is 0 Å². The van der Waals surface area contributed by atoms with Crippen LogP contribution in [-0.2, 0) is 0 Å². The van der Waals surface area contributed by atoms with Gasteiger partial charge in [-0.1, -0.05) is 54.6 Å².